The average molecular weight is 259 g/mol. The van der Waals surface area contributed by atoms with Crippen molar-refractivity contribution < 1.29 is 4.92 Å². The first-order valence-electron chi connectivity index (χ1n) is 6.10. The number of nitrogens with zero attached hydrogens (tertiary/aromatic N) is 4. The zero-order valence-corrected chi connectivity index (χ0v) is 10.2. The van der Waals surface area contributed by atoms with Crippen LogP contribution in [0.4, 0.5) is 5.69 Å². The third kappa shape index (κ3) is 2.08. The highest BCUT2D eigenvalue weighted by atomic mass is 16.6. The quantitative estimate of drug-likeness (QED) is 0.652. The molecule has 0 aliphatic carbocycles. The molecule has 1 atom stereocenters. The maximum Gasteiger partial charge on any atom is 0.270 e. The number of aromatic nitrogens is 3. The molecule has 2 N–H and O–H groups in total. The zero-order chi connectivity index (χ0) is 13.4. The van der Waals surface area contributed by atoms with E-state index in [2.05, 4.69) is 10.1 Å². The van der Waals surface area contributed by atoms with Gasteiger partial charge in [-0.1, -0.05) is 12.1 Å². The summed E-state index contributed by atoms with van der Waals surface area (Å²) in [6.07, 6.45) is 1.87. The van der Waals surface area contributed by atoms with E-state index in [1.54, 1.807) is 16.8 Å². The summed E-state index contributed by atoms with van der Waals surface area (Å²) >= 11 is 0. The van der Waals surface area contributed by atoms with Crippen LogP contribution in [0.15, 0.2) is 24.3 Å². The molecule has 3 rings (SSSR count). The Bertz CT molecular complexity index is 637. The lowest BCUT2D eigenvalue weighted by Crippen LogP contribution is -2.22. The minimum absolute atomic E-state index is 0.0366. The molecule has 2 heterocycles. The molecule has 0 amide bonds. The van der Waals surface area contributed by atoms with Gasteiger partial charge < -0.3 is 5.73 Å². The lowest BCUT2D eigenvalue weighted by atomic mass is 10.1. The van der Waals surface area contributed by atoms with Gasteiger partial charge in [0.25, 0.3) is 5.69 Å². The summed E-state index contributed by atoms with van der Waals surface area (Å²) in [5, 5.41) is 15.1. The number of nitro benzene ring substituents is 1. The summed E-state index contributed by atoms with van der Waals surface area (Å²) in [5.41, 5.74) is 6.66. The molecule has 1 aromatic carbocycles. The van der Waals surface area contributed by atoms with Crippen molar-refractivity contribution in [1.29, 1.82) is 0 Å². The summed E-state index contributed by atoms with van der Waals surface area (Å²) in [4.78, 5) is 14.8. The van der Waals surface area contributed by atoms with Crippen molar-refractivity contribution in [1.82, 2.24) is 14.8 Å². The standard InChI is InChI=1S/C12H13N5O2/c13-10-5-2-6-16-12(10)14-11(15-16)8-3-1-4-9(7-8)17(18)19/h1,3-4,7,10H,2,5-6,13H2. The van der Waals surface area contributed by atoms with Gasteiger partial charge in [0.05, 0.1) is 11.0 Å². The van der Waals surface area contributed by atoms with Gasteiger partial charge in [-0.15, -0.1) is 0 Å². The van der Waals surface area contributed by atoms with Gasteiger partial charge in [0.15, 0.2) is 5.82 Å². The maximum absolute atomic E-state index is 10.8. The molecule has 0 radical (unpaired) electrons. The van der Waals surface area contributed by atoms with Crippen LogP contribution >= 0.6 is 0 Å². The monoisotopic (exact) mass is 259 g/mol. The van der Waals surface area contributed by atoms with Crippen LogP contribution in [-0.2, 0) is 6.54 Å². The summed E-state index contributed by atoms with van der Waals surface area (Å²) in [6, 6.07) is 6.22. The number of hydrogen-bond acceptors (Lipinski definition) is 5. The predicted octanol–water partition coefficient (Wildman–Crippen LogP) is 1.65. The first kappa shape index (κ1) is 11.8. The minimum atomic E-state index is -0.425. The van der Waals surface area contributed by atoms with Crippen LogP contribution in [0.3, 0.4) is 0 Å². The highest BCUT2D eigenvalue weighted by molar-refractivity contribution is 5.58. The molecule has 0 saturated heterocycles. The fraction of sp³-hybridized carbons (Fsp3) is 0.333. The Hall–Kier alpha value is -2.28. The molecule has 0 fully saturated rings. The third-order valence-electron chi connectivity index (χ3n) is 3.23. The molecule has 1 aliphatic heterocycles. The molecular formula is C12H13N5O2. The van der Waals surface area contributed by atoms with Crippen LogP contribution in [-0.4, -0.2) is 19.7 Å². The number of non-ortho nitro benzene ring substituents is 1. The van der Waals surface area contributed by atoms with Gasteiger partial charge in [0.2, 0.25) is 0 Å². The number of nitrogens with two attached hydrogens (primary N) is 1. The molecule has 7 nitrogen and oxygen atoms in total. The van der Waals surface area contributed by atoms with E-state index < -0.39 is 4.92 Å². The van der Waals surface area contributed by atoms with E-state index in [4.69, 9.17) is 5.73 Å². The smallest absolute Gasteiger partial charge is 0.270 e. The lowest BCUT2D eigenvalue weighted by molar-refractivity contribution is -0.384. The number of nitro groups is 1. The largest absolute Gasteiger partial charge is 0.321 e. The Kier molecular flexibility index (Phi) is 2.75. The Morgan fingerprint density at radius 3 is 3.05 bits per heavy atom. The average Bonchev–Trinajstić information content (AvgIpc) is 2.84. The van der Waals surface area contributed by atoms with Gasteiger partial charge in [0, 0.05) is 24.2 Å². The number of fused-ring (bicyclic) bond motifs is 1. The molecule has 2 aromatic rings. The first-order valence-corrected chi connectivity index (χ1v) is 6.10. The minimum Gasteiger partial charge on any atom is -0.321 e. The Morgan fingerprint density at radius 1 is 1.47 bits per heavy atom. The Morgan fingerprint density at radius 2 is 2.32 bits per heavy atom. The van der Waals surface area contributed by atoms with E-state index >= 15 is 0 Å². The van der Waals surface area contributed by atoms with Crippen molar-refractivity contribution in [3.8, 4) is 11.4 Å². The molecular weight excluding hydrogens is 246 g/mol. The van der Waals surface area contributed by atoms with Crippen molar-refractivity contribution in [3.05, 3.63) is 40.2 Å². The summed E-state index contributed by atoms with van der Waals surface area (Å²) in [7, 11) is 0. The molecule has 98 valence electrons. The second kappa shape index (κ2) is 4.43. The van der Waals surface area contributed by atoms with Crippen LogP contribution in [0.1, 0.15) is 24.7 Å². The van der Waals surface area contributed by atoms with Gasteiger partial charge in [-0.25, -0.2) is 9.67 Å². The summed E-state index contributed by atoms with van der Waals surface area (Å²) in [5.74, 6) is 1.25. The summed E-state index contributed by atoms with van der Waals surface area (Å²) in [6.45, 7) is 0.797. The Balaban J connectivity index is 2.03. The second-order valence-corrected chi connectivity index (χ2v) is 4.57. The SMILES string of the molecule is NC1CCCn2nc(-c3cccc([N+](=O)[O-])c3)nc21. The molecule has 0 spiro atoms. The van der Waals surface area contributed by atoms with Crippen molar-refractivity contribution in [2.24, 2.45) is 5.73 Å². The van der Waals surface area contributed by atoms with Gasteiger partial charge in [-0.2, -0.15) is 5.10 Å². The van der Waals surface area contributed by atoms with E-state index in [-0.39, 0.29) is 11.7 Å². The van der Waals surface area contributed by atoms with Crippen LogP contribution in [0.5, 0.6) is 0 Å². The third-order valence-corrected chi connectivity index (χ3v) is 3.23. The molecule has 1 aromatic heterocycles. The maximum atomic E-state index is 10.8. The normalized spacial score (nSPS) is 18.1. The first-order chi connectivity index (χ1) is 9.15. The van der Waals surface area contributed by atoms with Gasteiger partial charge >= 0.3 is 0 Å². The van der Waals surface area contributed by atoms with Crippen LogP contribution < -0.4 is 5.73 Å². The van der Waals surface area contributed by atoms with Gasteiger partial charge in [0.1, 0.15) is 5.82 Å². The van der Waals surface area contributed by atoms with Gasteiger partial charge in [-0.05, 0) is 12.8 Å². The zero-order valence-electron chi connectivity index (χ0n) is 10.2. The van der Waals surface area contributed by atoms with Crippen molar-refractivity contribution >= 4 is 5.69 Å². The molecule has 7 heteroatoms. The number of benzene rings is 1. The fourth-order valence-corrected chi connectivity index (χ4v) is 2.26. The number of rotatable bonds is 2. The summed E-state index contributed by atoms with van der Waals surface area (Å²) < 4.78 is 1.79. The van der Waals surface area contributed by atoms with E-state index in [9.17, 15) is 10.1 Å². The second-order valence-electron chi connectivity index (χ2n) is 4.57. The Labute approximate surface area is 109 Å². The predicted molar refractivity (Wildman–Crippen MR) is 68.3 cm³/mol. The van der Waals surface area contributed by atoms with Crippen LogP contribution in [0, 0.1) is 10.1 Å². The lowest BCUT2D eigenvalue weighted by Gasteiger charge is -2.17. The van der Waals surface area contributed by atoms with E-state index in [1.165, 1.54) is 12.1 Å². The topological polar surface area (TPSA) is 99.9 Å². The van der Waals surface area contributed by atoms with E-state index in [0.717, 1.165) is 25.2 Å². The number of hydrogen-bond donors (Lipinski definition) is 1. The fourth-order valence-electron chi connectivity index (χ4n) is 2.26. The van der Waals surface area contributed by atoms with Crippen LogP contribution in [0.25, 0.3) is 11.4 Å². The highest BCUT2D eigenvalue weighted by Gasteiger charge is 2.22. The molecule has 19 heavy (non-hydrogen) atoms. The molecule has 1 unspecified atom stereocenters. The highest BCUT2D eigenvalue weighted by Crippen LogP contribution is 2.26. The van der Waals surface area contributed by atoms with Gasteiger partial charge in [-0.3, -0.25) is 10.1 Å². The van der Waals surface area contributed by atoms with E-state index in [0.29, 0.717) is 11.4 Å². The molecule has 1 aliphatic rings. The van der Waals surface area contributed by atoms with Crippen molar-refractivity contribution in [2.75, 3.05) is 0 Å². The van der Waals surface area contributed by atoms with Crippen molar-refractivity contribution in [3.63, 3.8) is 0 Å². The molecule has 0 saturated carbocycles. The van der Waals surface area contributed by atoms with E-state index in [1.807, 2.05) is 0 Å². The molecule has 0 bridgehead atoms. The van der Waals surface area contributed by atoms with Crippen LogP contribution in [0.2, 0.25) is 0 Å². The van der Waals surface area contributed by atoms with Crippen molar-refractivity contribution in [2.45, 2.75) is 25.4 Å². The number of aryl methyl sites for hydroxylation is 1.